The molecule has 1 N–H and O–H groups in total. The molecule has 2 fully saturated rings. The van der Waals surface area contributed by atoms with E-state index >= 15 is 0 Å². The lowest BCUT2D eigenvalue weighted by Crippen LogP contribution is -2.47. The number of fused-ring (bicyclic) bond motifs is 1. The van der Waals surface area contributed by atoms with Crippen LogP contribution < -0.4 is 0 Å². The summed E-state index contributed by atoms with van der Waals surface area (Å²) in [5, 5.41) is 8.42. The molecular weight excluding hydrogens is 288 g/mol. The molecule has 0 spiro atoms. The molecule has 2 aromatic rings. The van der Waals surface area contributed by atoms with Crippen molar-refractivity contribution in [3.05, 3.63) is 30.0 Å². The normalized spacial score (nSPS) is 25.5. The molecule has 1 aromatic carbocycles. The number of aromatic amines is 1. The van der Waals surface area contributed by atoms with E-state index in [0.717, 1.165) is 42.5 Å². The highest BCUT2D eigenvalue weighted by Gasteiger charge is 2.38. The summed E-state index contributed by atoms with van der Waals surface area (Å²) < 4.78 is 0. The predicted octanol–water partition coefficient (Wildman–Crippen LogP) is 2.19. The summed E-state index contributed by atoms with van der Waals surface area (Å²) in [6, 6.07) is 8.92. The number of benzene rings is 1. The van der Waals surface area contributed by atoms with Gasteiger partial charge in [0.05, 0.1) is 17.6 Å². The van der Waals surface area contributed by atoms with Crippen LogP contribution in [0.5, 0.6) is 0 Å². The van der Waals surface area contributed by atoms with Gasteiger partial charge in [-0.15, -0.1) is 0 Å². The smallest absolute Gasteiger partial charge is 0.228 e. The van der Waals surface area contributed by atoms with Gasteiger partial charge in [0.15, 0.2) is 0 Å². The average molecular weight is 312 g/mol. The van der Waals surface area contributed by atoms with Gasteiger partial charge in [-0.3, -0.25) is 9.89 Å². The molecule has 23 heavy (non-hydrogen) atoms. The lowest BCUT2D eigenvalue weighted by Gasteiger charge is -2.33. The number of amides is 1. The van der Waals surface area contributed by atoms with Gasteiger partial charge in [-0.1, -0.05) is 18.2 Å². The van der Waals surface area contributed by atoms with Gasteiger partial charge in [0.2, 0.25) is 5.91 Å². The highest BCUT2D eigenvalue weighted by Crippen LogP contribution is 2.29. The Morgan fingerprint density at radius 2 is 2.00 bits per heavy atom. The van der Waals surface area contributed by atoms with E-state index in [1.807, 2.05) is 24.3 Å². The van der Waals surface area contributed by atoms with E-state index in [1.165, 1.54) is 12.8 Å². The second-order valence-electron chi connectivity index (χ2n) is 6.88. The lowest BCUT2D eigenvalue weighted by atomic mass is 10.0. The van der Waals surface area contributed by atoms with Crippen LogP contribution in [0.4, 0.5) is 0 Å². The van der Waals surface area contributed by atoms with Gasteiger partial charge in [-0.25, -0.2) is 0 Å². The molecule has 3 heterocycles. The first-order valence-electron chi connectivity index (χ1n) is 8.66. The summed E-state index contributed by atoms with van der Waals surface area (Å²) in [5.41, 5.74) is 1.87. The zero-order valence-corrected chi connectivity index (χ0v) is 13.7. The molecule has 2 atom stereocenters. The standard InChI is InChI=1S/C18H24N4O/c1-21-10-4-8-16(21)17-9-5-11-22(17)18(23)12-15-13-6-2-3-7-14(13)19-20-15/h2-3,6-7,16-17H,4-5,8-12H2,1H3,(H,19,20)/t16-,17+/m0/s1. The Morgan fingerprint density at radius 3 is 2.83 bits per heavy atom. The Labute approximate surface area is 136 Å². The Morgan fingerprint density at radius 1 is 1.22 bits per heavy atom. The molecule has 5 heteroatoms. The number of nitrogens with one attached hydrogen (secondary N) is 1. The van der Waals surface area contributed by atoms with Crippen molar-refractivity contribution in [2.24, 2.45) is 0 Å². The van der Waals surface area contributed by atoms with Crippen LogP contribution in [0, 0.1) is 0 Å². The maximum absolute atomic E-state index is 12.9. The first kappa shape index (κ1) is 14.7. The van der Waals surface area contributed by atoms with Gasteiger partial charge < -0.3 is 9.80 Å². The molecule has 122 valence electrons. The van der Waals surface area contributed by atoms with Gasteiger partial charge in [0.25, 0.3) is 0 Å². The lowest BCUT2D eigenvalue weighted by molar-refractivity contribution is -0.132. The van der Waals surface area contributed by atoms with Crippen LogP contribution in [0.3, 0.4) is 0 Å². The molecule has 2 aliphatic heterocycles. The van der Waals surface area contributed by atoms with Crippen LogP contribution in [-0.2, 0) is 11.2 Å². The molecule has 1 aromatic heterocycles. The van der Waals surface area contributed by atoms with Crippen molar-refractivity contribution in [2.75, 3.05) is 20.1 Å². The van der Waals surface area contributed by atoms with Crippen LogP contribution in [0.2, 0.25) is 0 Å². The van der Waals surface area contributed by atoms with Gasteiger partial charge in [0.1, 0.15) is 0 Å². The third-order valence-electron chi connectivity index (χ3n) is 5.51. The molecule has 1 amide bonds. The van der Waals surface area contributed by atoms with Crippen LogP contribution in [0.1, 0.15) is 31.4 Å². The van der Waals surface area contributed by atoms with Crippen molar-refractivity contribution in [2.45, 2.75) is 44.2 Å². The summed E-state index contributed by atoms with van der Waals surface area (Å²) in [6.45, 7) is 2.06. The molecule has 0 bridgehead atoms. The second-order valence-corrected chi connectivity index (χ2v) is 6.88. The molecule has 4 rings (SSSR count). The molecule has 0 unspecified atom stereocenters. The van der Waals surface area contributed by atoms with Gasteiger partial charge >= 0.3 is 0 Å². The quantitative estimate of drug-likeness (QED) is 0.945. The molecule has 2 aliphatic rings. The van der Waals surface area contributed by atoms with Gasteiger partial charge in [-0.2, -0.15) is 5.10 Å². The zero-order valence-electron chi connectivity index (χ0n) is 13.7. The summed E-state index contributed by atoms with van der Waals surface area (Å²) in [6.07, 6.45) is 5.17. The SMILES string of the molecule is CN1CCC[C@H]1[C@H]1CCCN1C(=O)Cc1[nH]nc2ccccc12. The minimum absolute atomic E-state index is 0.238. The van der Waals surface area contributed by atoms with E-state index in [1.54, 1.807) is 0 Å². The Balaban J connectivity index is 1.52. The van der Waals surface area contributed by atoms with Crippen molar-refractivity contribution in [3.63, 3.8) is 0 Å². The van der Waals surface area contributed by atoms with Crippen molar-refractivity contribution in [1.29, 1.82) is 0 Å². The maximum Gasteiger partial charge on any atom is 0.228 e. The number of rotatable bonds is 3. The molecule has 5 nitrogen and oxygen atoms in total. The van der Waals surface area contributed by atoms with Crippen molar-refractivity contribution in [3.8, 4) is 0 Å². The number of carbonyl (C=O) groups is 1. The minimum Gasteiger partial charge on any atom is -0.338 e. The van der Waals surface area contributed by atoms with Crippen molar-refractivity contribution < 1.29 is 4.79 Å². The van der Waals surface area contributed by atoms with Gasteiger partial charge in [-0.05, 0) is 45.3 Å². The van der Waals surface area contributed by atoms with Crippen molar-refractivity contribution >= 4 is 16.8 Å². The third kappa shape index (κ3) is 2.63. The van der Waals surface area contributed by atoms with Crippen LogP contribution in [0.25, 0.3) is 10.9 Å². The van der Waals surface area contributed by atoms with E-state index in [9.17, 15) is 4.79 Å². The number of aromatic nitrogens is 2. The Kier molecular flexibility index (Phi) is 3.81. The Hall–Kier alpha value is -1.88. The fourth-order valence-electron chi connectivity index (χ4n) is 4.33. The largest absolute Gasteiger partial charge is 0.338 e. The highest BCUT2D eigenvalue weighted by molar-refractivity contribution is 5.87. The van der Waals surface area contributed by atoms with Crippen molar-refractivity contribution in [1.82, 2.24) is 20.0 Å². The van der Waals surface area contributed by atoms with Gasteiger partial charge in [0, 0.05) is 24.0 Å². The molecular formula is C18H24N4O. The topological polar surface area (TPSA) is 52.2 Å². The second kappa shape index (κ2) is 5.96. The third-order valence-corrected chi connectivity index (χ3v) is 5.51. The van der Waals surface area contributed by atoms with Crippen LogP contribution in [0.15, 0.2) is 24.3 Å². The number of para-hydroxylation sites is 1. The van der Waals surface area contributed by atoms with E-state index in [-0.39, 0.29) is 5.91 Å². The Bertz CT molecular complexity index is 710. The number of hydrogen-bond acceptors (Lipinski definition) is 3. The minimum atomic E-state index is 0.238. The fraction of sp³-hybridized carbons (Fsp3) is 0.556. The monoisotopic (exact) mass is 312 g/mol. The number of likely N-dealkylation sites (tertiary alicyclic amines) is 2. The number of hydrogen-bond donors (Lipinski definition) is 1. The maximum atomic E-state index is 12.9. The first-order valence-corrected chi connectivity index (χ1v) is 8.66. The number of carbonyl (C=O) groups excluding carboxylic acids is 1. The first-order chi connectivity index (χ1) is 11.2. The van der Waals surface area contributed by atoms with E-state index in [2.05, 4.69) is 27.0 Å². The summed E-state index contributed by atoms with van der Waals surface area (Å²) in [7, 11) is 2.20. The summed E-state index contributed by atoms with van der Waals surface area (Å²) in [5.74, 6) is 0.238. The summed E-state index contributed by atoms with van der Waals surface area (Å²) in [4.78, 5) is 17.4. The van der Waals surface area contributed by atoms with E-state index < -0.39 is 0 Å². The van der Waals surface area contributed by atoms with E-state index in [4.69, 9.17) is 0 Å². The summed E-state index contributed by atoms with van der Waals surface area (Å²) >= 11 is 0. The fourth-order valence-corrected chi connectivity index (χ4v) is 4.33. The zero-order chi connectivity index (χ0) is 15.8. The molecule has 0 radical (unpaired) electrons. The molecule has 0 saturated carbocycles. The number of H-pyrrole nitrogens is 1. The highest BCUT2D eigenvalue weighted by atomic mass is 16.2. The van der Waals surface area contributed by atoms with E-state index in [0.29, 0.717) is 18.5 Å². The molecule has 2 saturated heterocycles. The van der Waals surface area contributed by atoms with Crippen LogP contribution >= 0.6 is 0 Å². The molecule has 0 aliphatic carbocycles. The average Bonchev–Trinajstić information content (AvgIpc) is 3.27. The predicted molar refractivity (Wildman–Crippen MR) is 90.2 cm³/mol. The van der Waals surface area contributed by atoms with Crippen LogP contribution in [-0.4, -0.2) is 58.1 Å². The number of nitrogens with zero attached hydrogens (tertiary/aromatic N) is 3. The number of likely N-dealkylation sites (N-methyl/N-ethyl adjacent to an activating group) is 1.